The average Bonchev–Trinajstić information content (AvgIpc) is 3.94. The highest BCUT2D eigenvalue weighted by molar-refractivity contribution is 7.27. The van der Waals surface area contributed by atoms with Crippen molar-refractivity contribution in [2.24, 2.45) is 4.99 Å². The second kappa shape index (κ2) is 12.0. The highest BCUT2D eigenvalue weighted by Crippen LogP contribution is 2.47. The Morgan fingerprint density at radius 3 is 1.78 bits per heavy atom. The zero-order valence-electron chi connectivity index (χ0n) is 29.5. The normalized spacial score (nSPS) is 14.3. The molecule has 0 radical (unpaired) electrons. The molecule has 0 aliphatic carbocycles. The summed E-state index contributed by atoms with van der Waals surface area (Å²) in [7, 11) is 0. The first-order valence-electron chi connectivity index (χ1n) is 18.7. The lowest BCUT2D eigenvalue weighted by molar-refractivity contribution is 0.639. The fourth-order valence-corrected chi connectivity index (χ4v) is 11.2. The van der Waals surface area contributed by atoms with E-state index < -0.39 is 0 Å². The van der Waals surface area contributed by atoms with Gasteiger partial charge in [-0.15, -0.1) is 22.7 Å². The lowest BCUT2D eigenvalue weighted by atomic mass is 9.99. The van der Waals surface area contributed by atoms with Gasteiger partial charge in [0.1, 0.15) is 6.17 Å². The fourth-order valence-electron chi connectivity index (χ4n) is 8.73. The van der Waals surface area contributed by atoms with Crippen molar-refractivity contribution in [1.29, 1.82) is 0 Å². The van der Waals surface area contributed by atoms with Crippen molar-refractivity contribution < 1.29 is 0 Å². The monoisotopic (exact) mass is 737 g/mol. The summed E-state index contributed by atoms with van der Waals surface area (Å²) < 4.78 is 7.59. The molecule has 1 aliphatic rings. The number of para-hydroxylation sites is 1. The van der Waals surface area contributed by atoms with Gasteiger partial charge in [0.15, 0.2) is 0 Å². The molecule has 1 atom stereocenters. The Bertz CT molecular complexity index is 3440. The zero-order valence-corrected chi connectivity index (χ0v) is 31.2. The van der Waals surface area contributed by atoms with Gasteiger partial charge in [-0.1, -0.05) is 146 Å². The predicted octanol–water partition coefficient (Wildman–Crippen LogP) is 12.3. The summed E-state index contributed by atoms with van der Waals surface area (Å²) in [5, 5.41) is 14.0. The molecule has 8 aromatic carbocycles. The maximum Gasteiger partial charge on any atom is 0.145 e. The van der Waals surface area contributed by atoms with E-state index in [2.05, 4.69) is 186 Å². The summed E-state index contributed by atoms with van der Waals surface area (Å²) in [6.07, 6.45) is -0.151. The number of hydrogen-bond donors (Lipinski definition) is 1. The van der Waals surface area contributed by atoms with Gasteiger partial charge < -0.3 is 9.88 Å². The standard InChI is InChI=1S/C50H31N3S2/c1-2-12-33(13-3-1)50-51-45(49-46(52-50)39-18-8-11-21-42(39)55-49)32-24-22-30(23-25-32)31-26-28-34(29-27-31)53-40-19-9-6-16-37(40)43-35-14-4-5-15-36(35)44-38-17-7-10-20-41(38)54-48(44)47(43)53/h1-29,50-51H. The van der Waals surface area contributed by atoms with E-state index in [1.54, 1.807) is 0 Å². The Kier molecular flexibility index (Phi) is 6.73. The van der Waals surface area contributed by atoms with Crippen LogP contribution in [0.5, 0.6) is 0 Å². The molecule has 0 saturated carbocycles. The van der Waals surface area contributed by atoms with Crippen LogP contribution in [-0.4, -0.2) is 4.57 Å². The molecule has 0 amide bonds. The van der Waals surface area contributed by atoms with Gasteiger partial charge >= 0.3 is 0 Å². The Morgan fingerprint density at radius 2 is 1.04 bits per heavy atom. The summed E-state index contributed by atoms with van der Waals surface area (Å²) in [4.78, 5) is 5.23. The van der Waals surface area contributed by atoms with Crippen LogP contribution in [0.1, 0.15) is 17.3 Å². The largest absolute Gasteiger partial charge is 0.358 e. The van der Waals surface area contributed by atoms with Crippen molar-refractivity contribution in [1.82, 2.24) is 9.88 Å². The van der Waals surface area contributed by atoms with Crippen LogP contribution >= 0.6 is 22.7 Å². The van der Waals surface area contributed by atoms with Gasteiger partial charge in [0, 0.05) is 42.0 Å². The molecule has 1 unspecified atom stereocenters. The van der Waals surface area contributed by atoms with Crippen LogP contribution in [0.2, 0.25) is 0 Å². The van der Waals surface area contributed by atoms with E-state index >= 15 is 0 Å². The number of rotatable bonds is 4. The maximum atomic E-state index is 5.23. The van der Waals surface area contributed by atoms with E-state index in [1.807, 2.05) is 22.7 Å². The molecular formula is C50H31N3S2. The second-order valence-corrected chi connectivity index (χ2v) is 16.4. The number of aromatic nitrogens is 1. The number of fused-ring (bicyclic) bond motifs is 13. The third kappa shape index (κ3) is 4.64. The molecule has 0 bridgehead atoms. The van der Waals surface area contributed by atoms with Gasteiger partial charge in [-0.3, -0.25) is 4.99 Å². The molecular weight excluding hydrogens is 707 g/mol. The second-order valence-electron chi connectivity index (χ2n) is 14.3. The number of nitrogens with zero attached hydrogens (tertiary/aromatic N) is 2. The van der Waals surface area contributed by atoms with Gasteiger partial charge in [-0.05, 0) is 63.4 Å². The van der Waals surface area contributed by atoms with Gasteiger partial charge in [0.2, 0.25) is 0 Å². The minimum atomic E-state index is -0.151. The minimum absolute atomic E-state index is 0.151. The average molecular weight is 738 g/mol. The van der Waals surface area contributed by atoms with Gasteiger partial charge in [-0.2, -0.15) is 0 Å². The predicted molar refractivity (Wildman–Crippen MR) is 234 cm³/mol. The van der Waals surface area contributed by atoms with Gasteiger partial charge in [0.25, 0.3) is 0 Å². The third-order valence-electron chi connectivity index (χ3n) is 11.2. The van der Waals surface area contributed by atoms with E-state index in [0.717, 1.165) is 27.9 Å². The molecule has 1 aliphatic heterocycles. The summed E-state index contributed by atoms with van der Waals surface area (Å²) in [5.74, 6) is 0. The lowest BCUT2D eigenvalue weighted by Crippen LogP contribution is -2.37. The Balaban J connectivity index is 0.985. The van der Waals surface area contributed by atoms with Crippen molar-refractivity contribution >= 4 is 91.2 Å². The molecule has 1 N–H and O–H groups in total. The zero-order chi connectivity index (χ0) is 36.0. The first-order valence-corrected chi connectivity index (χ1v) is 20.3. The van der Waals surface area contributed by atoms with Crippen LogP contribution in [0.15, 0.2) is 181 Å². The molecule has 0 spiro atoms. The molecule has 258 valence electrons. The lowest BCUT2D eigenvalue weighted by Gasteiger charge is -2.22. The smallest absolute Gasteiger partial charge is 0.145 e. The van der Waals surface area contributed by atoms with Crippen molar-refractivity contribution in [3.8, 4) is 16.8 Å². The van der Waals surface area contributed by atoms with Gasteiger partial charge in [-0.25, -0.2) is 0 Å². The van der Waals surface area contributed by atoms with E-state index in [-0.39, 0.29) is 6.17 Å². The number of nitrogens with one attached hydrogen (secondary N) is 1. The Hall–Kier alpha value is -6.53. The van der Waals surface area contributed by atoms with Crippen molar-refractivity contribution in [3.05, 3.63) is 197 Å². The molecule has 55 heavy (non-hydrogen) atoms. The van der Waals surface area contributed by atoms with Crippen LogP contribution in [0.3, 0.4) is 0 Å². The number of hydrogen-bond acceptors (Lipinski definition) is 4. The summed E-state index contributed by atoms with van der Waals surface area (Å²) in [5.41, 5.74) is 9.50. The minimum Gasteiger partial charge on any atom is -0.358 e. The highest BCUT2D eigenvalue weighted by Gasteiger charge is 2.23. The molecule has 0 saturated heterocycles. The van der Waals surface area contributed by atoms with E-state index in [9.17, 15) is 0 Å². The third-order valence-corrected chi connectivity index (χ3v) is 13.6. The van der Waals surface area contributed by atoms with E-state index in [0.29, 0.717) is 0 Å². The molecule has 4 heterocycles. The SMILES string of the molecule is c1ccc(C2N=c3c(sc4ccccc34)=C(c3ccc(-c4ccc(-n5c6ccccc6c6c7ccccc7c7c8ccccc8sc7c65)cc4)cc3)N2)cc1. The number of benzene rings is 8. The summed E-state index contributed by atoms with van der Waals surface area (Å²) >= 11 is 3.71. The summed E-state index contributed by atoms with van der Waals surface area (Å²) in [6, 6.07) is 64.0. The van der Waals surface area contributed by atoms with E-state index in [4.69, 9.17) is 4.99 Å². The first kappa shape index (κ1) is 30.9. The fraction of sp³-hybridized carbons (Fsp3) is 0.0200. The highest BCUT2D eigenvalue weighted by atomic mass is 32.1. The molecule has 3 nitrogen and oxygen atoms in total. The molecule has 5 heteroatoms. The maximum absolute atomic E-state index is 5.23. The van der Waals surface area contributed by atoms with Crippen LogP contribution in [0, 0.1) is 0 Å². The van der Waals surface area contributed by atoms with Gasteiger partial charge in [0.05, 0.1) is 31.3 Å². The van der Waals surface area contributed by atoms with Crippen LogP contribution < -0.4 is 15.2 Å². The van der Waals surface area contributed by atoms with Crippen LogP contribution in [-0.2, 0) is 0 Å². The molecule has 11 aromatic rings. The topological polar surface area (TPSA) is 29.3 Å². The van der Waals surface area contributed by atoms with Crippen LogP contribution in [0.4, 0.5) is 0 Å². The van der Waals surface area contributed by atoms with Crippen molar-refractivity contribution in [2.45, 2.75) is 6.17 Å². The van der Waals surface area contributed by atoms with E-state index in [1.165, 1.54) is 78.5 Å². The molecule has 12 rings (SSSR count). The van der Waals surface area contributed by atoms with Crippen molar-refractivity contribution in [3.63, 3.8) is 0 Å². The molecule has 0 fully saturated rings. The van der Waals surface area contributed by atoms with Crippen molar-refractivity contribution in [2.75, 3.05) is 0 Å². The first-order chi connectivity index (χ1) is 27.3. The Labute approximate surface area is 324 Å². The number of thiophene rings is 2. The Morgan fingerprint density at radius 1 is 0.473 bits per heavy atom. The quantitative estimate of drug-likeness (QED) is 0.191. The summed E-state index contributed by atoms with van der Waals surface area (Å²) in [6.45, 7) is 0. The van der Waals surface area contributed by atoms with Crippen LogP contribution in [0.25, 0.3) is 85.3 Å². The molecule has 3 aromatic heterocycles.